The number of carbonyl (C=O) groups excluding carboxylic acids is 1. The highest BCUT2D eigenvalue weighted by Crippen LogP contribution is 2.24. The van der Waals surface area contributed by atoms with Crippen molar-refractivity contribution in [3.05, 3.63) is 112 Å². The van der Waals surface area contributed by atoms with Crippen molar-refractivity contribution in [2.75, 3.05) is 0 Å². The van der Waals surface area contributed by atoms with Crippen LogP contribution < -0.4 is 15.5 Å². The van der Waals surface area contributed by atoms with E-state index in [1.165, 1.54) is 47.3 Å². The minimum atomic E-state index is -0.763. The maximum absolute atomic E-state index is 14.4. The third-order valence-electron chi connectivity index (χ3n) is 4.71. The number of aromatic nitrogens is 3. The molecule has 4 rings (SSSR count). The largest absolute Gasteiger partial charge is 0.453 e. The summed E-state index contributed by atoms with van der Waals surface area (Å²) in [5.74, 6) is -1.55. The second-order valence-electron chi connectivity index (χ2n) is 7.10. The third-order valence-corrected chi connectivity index (χ3v) is 4.71. The SMILES string of the molecule is Cc1cc(=O)c(C(=O)NCc2ccc(Oc3cccnc3)c(F)c2)nn1-c1ccccc1F. The Bertz CT molecular complexity index is 1370. The summed E-state index contributed by atoms with van der Waals surface area (Å²) in [6.07, 6.45) is 3.03. The van der Waals surface area contributed by atoms with Gasteiger partial charge in [-0.15, -0.1) is 0 Å². The van der Waals surface area contributed by atoms with E-state index in [9.17, 15) is 18.4 Å². The van der Waals surface area contributed by atoms with E-state index in [-0.39, 0.29) is 18.0 Å². The second-order valence-corrected chi connectivity index (χ2v) is 7.10. The van der Waals surface area contributed by atoms with Crippen LogP contribution in [-0.2, 0) is 6.54 Å². The summed E-state index contributed by atoms with van der Waals surface area (Å²) in [7, 11) is 0. The van der Waals surface area contributed by atoms with E-state index in [1.807, 2.05) is 0 Å². The molecule has 0 saturated heterocycles. The quantitative estimate of drug-likeness (QED) is 0.483. The van der Waals surface area contributed by atoms with Crippen LogP contribution in [0.2, 0.25) is 0 Å². The molecule has 0 spiro atoms. The van der Waals surface area contributed by atoms with Crippen molar-refractivity contribution >= 4 is 5.91 Å². The highest BCUT2D eigenvalue weighted by molar-refractivity contribution is 5.92. The van der Waals surface area contributed by atoms with Crippen LogP contribution >= 0.6 is 0 Å². The molecule has 0 aliphatic heterocycles. The van der Waals surface area contributed by atoms with Gasteiger partial charge in [-0.2, -0.15) is 5.10 Å². The monoisotopic (exact) mass is 448 g/mol. The average Bonchev–Trinajstić information content (AvgIpc) is 2.80. The number of nitrogens with one attached hydrogen (secondary N) is 1. The summed E-state index contributed by atoms with van der Waals surface area (Å²) < 4.78 is 35.2. The normalized spacial score (nSPS) is 10.6. The summed E-state index contributed by atoms with van der Waals surface area (Å²) in [5.41, 5.74) is -0.0889. The molecule has 2 aromatic carbocycles. The molecular formula is C24H18F2N4O3. The Hall–Kier alpha value is -4.40. The molecule has 1 amide bonds. The summed E-state index contributed by atoms with van der Waals surface area (Å²) >= 11 is 0. The molecule has 166 valence electrons. The van der Waals surface area contributed by atoms with Crippen LogP contribution in [-0.4, -0.2) is 20.7 Å². The van der Waals surface area contributed by atoms with Gasteiger partial charge in [0.2, 0.25) is 5.43 Å². The minimum Gasteiger partial charge on any atom is -0.453 e. The predicted molar refractivity (Wildman–Crippen MR) is 116 cm³/mol. The third kappa shape index (κ3) is 4.93. The second kappa shape index (κ2) is 9.39. The zero-order chi connectivity index (χ0) is 23.4. The lowest BCUT2D eigenvalue weighted by Gasteiger charge is -2.12. The van der Waals surface area contributed by atoms with E-state index in [0.29, 0.717) is 17.0 Å². The average molecular weight is 448 g/mol. The zero-order valence-corrected chi connectivity index (χ0v) is 17.5. The fourth-order valence-corrected chi connectivity index (χ4v) is 3.11. The first kappa shape index (κ1) is 21.8. The van der Waals surface area contributed by atoms with Gasteiger partial charge < -0.3 is 10.1 Å². The molecule has 33 heavy (non-hydrogen) atoms. The molecule has 2 heterocycles. The van der Waals surface area contributed by atoms with Crippen molar-refractivity contribution in [1.82, 2.24) is 20.1 Å². The number of amides is 1. The number of pyridine rings is 1. The molecule has 0 atom stereocenters. The van der Waals surface area contributed by atoms with Crippen molar-refractivity contribution in [3.63, 3.8) is 0 Å². The van der Waals surface area contributed by atoms with Crippen LogP contribution in [0.4, 0.5) is 8.78 Å². The molecular weight excluding hydrogens is 430 g/mol. The van der Waals surface area contributed by atoms with Crippen LogP contribution in [0, 0.1) is 18.6 Å². The number of rotatable bonds is 6. The number of halogens is 2. The fourth-order valence-electron chi connectivity index (χ4n) is 3.11. The van der Waals surface area contributed by atoms with Gasteiger partial charge in [0.1, 0.15) is 17.3 Å². The van der Waals surface area contributed by atoms with Gasteiger partial charge in [0.25, 0.3) is 5.91 Å². The Balaban J connectivity index is 1.50. The molecule has 0 radical (unpaired) electrons. The molecule has 0 saturated carbocycles. The van der Waals surface area contributed by atoms with Gasteiger partial charge >= 0.3 is 0 Å². The lowest BCUT2D eigenvalue weighted by molar-refractivity contribution is 0.0943. The van der Waals surface area contributed by atoms with Crippen LogP contribution in [0.15, 0.2) is 77.9 Å². The summed E-state index contributed by atoms with van der Waals surface area (Å²) in [6, 6.07) is 14.6. The summed E-state index contributed by atoms with van der Waals surface area (Å²) in [4.78, 5) is 28.8. The summed E-state index contributed by atoms with van der Waals surface area (Å²) in [5, 5.41) is 6.58. The molecule has 0 aliphatic carbocycles. The van der Waals surface area contributed by atoms with Crippen LogP contribution in [0.5, 0.6) is 11.5 Å². The maximum atomic E-state index is 14.4. The minimum absolute atomic E-state index is 0.00560. The molecule has 9 heteroatoms. The first-order valence-corrected chi connectivity index (χ1v) is 9.93. The molecule has 7 nitrogen and oxygen atoms in total. The first-order valence-electron chi connectivity index (χ1n) is 9.93. The molecule has 0 unspecified atom stereocenters. The van der Waals surface area contributed by atoms with Crippen LogP contribution in [0.1, 0.15) is 21.7 Å². The van der Waals surface area contributed by atoms with Crippen LogP contribution in [0.25, 0.3) is 5.69 Å². The van der Waals surface area contributed by atoms with E-state index >= 15 is 0 Å². The number of benzene rings is 2. The molecule has 2 aromatic heterocycles. The summed E-state index contributed by atoms with van der Waals surface area (Å²) in [6.45, 7) is 1.53. The first-order chi connectivity index (χ1) is 15.9. The smallest absolute Gasteiger partial charge is 0.276 e. The van der Waals surface area contributed by atoms with Crippen molar-refractivity contribution in [2.45, 2.75) is 13.5 Å². The van der Waals surface area contributed by atoms with Crippen molar-refractivity contribution in [3.8, 4) is 17.2 Å². The van der Waals surface area contributed by atoms with E-state index in [4.69, 9.17) is 4.74 Å². The van der Waals surface area contributed by atoms with Gasteiger partial charge in [-0.05, 0) is 48.9 Å². The molecule has 0 aliphatic rings. The van der Waals surface area contributed by atoms with E-state index in [0.717, 1.165) is 0 Å². The van der Waals surface area contributed by atoms with Crippen molar-refractivity contribution in [1.29, 1.82) is 0 Å². The van der Waals surface area contributed by atoms with Gasteiger partial charge in [0.05, 0.1) is 6.20 Å². The van der Waals surface area contributed by atoms with E-state index in [2.05, 4.69) is 15.4 Å². The Labute approximate surface area is 187 Å². The Morgan fingerprint density at radius 2 is 1.88 bits per heavy atom. The standard InChI is InChI=1S/C24H18F2N4O3/c1-15-11-21(31)23(29-30(15)20-7-3-2-6-18(20)25)24(32)28-13-16-8-9-22(19(26)12-16)33-17-5-4-10-27-14-17/h2-12,14H,13H2,1H3,(H,28,32). The van der Waals surface area contributed by atoms with Gasteiger partial charge in [-0.25, -0.2) is 13.5 Å². The topological polar surface area (TPSA) is 86.1 Å². The molecule has 4 aromatic rings. The molecule has 0 bridgehead atoms. The lowest BCUT2D eigenvalue weighted by atomic mass is 10.2. The Kier molecular flexibility index (Phi) is 6.21. The highest BCUT2D eigenvalue weighted by atomic mass is 19.1. The number of hydrogen-bond donors (Lipinski definition) is 1. The predicted octanol–water partition coefficient (Wildman–Crippen LogP) is 3.94. The molecule has 0 fully saturated rings. The van der Waals surface area contributed by atoms with Gasteiger partial charge in [-0.3, -0.25) is 14.6 Å². The van der Waals surface area contributed by atoms with E-state index < -0.39 is 28.7 Å². The lowest BCUT2D eigenvalue weighted by Crippen LogP contribution is -2.31. The number of ether oxygens (including phenoxy) is 1. The zero-order valence-electron chi connectivity index (χ0n) is 17.5. The highest BCUT2D eigenvalue weighted by Gasteiger charge is 2.17. The van der Waals surface area contributed by atoms with E-state index in [1.54, 1.807) is 37.4 Å². The van der Waals surface area contributed by atoms with Crippen LogP contribution in [0.3, 0.4) is 0 Å². The van der Waals surface area contributed by atoms with Crippen molar-refractivity contribution < 1.29 is 18.3 Å². The molecule has 1 N–H and O–H groups in total. The number of nitrogens with zero attached hydrogens (tertiary/aromatic N) is 3. The van der Waals surface area contributed by atoms with Gasteiger partial charge in [0.15, 0.2) is 17.3 Å². The van der Waals surface area contributed by atoms with Gasteiger partial charge in [-0.1, -0.05) is 18.2 Å². The number of carbonyl (C=O) groups is 1. The van der Waals surface area contributed by atoms with Gasteiger partial charge in [0, 0.05) is 24.5 Å². The Morgan fingerprint density at radius 1 is 1.06 bits per heavy atom. The number of aryl methyl sites for hydroxylation is 1. The number of para-hydroxylation sites is 1. The number of hydrogen-bond acceptors (Lipinski definition) is 5. The Morgan fingerprint density at radius 3 is 2.61 bits per heavy atom. The fraction of sp³-hybridized carbons (Fsp3) is 0.0833. The van der Waals surface area contributed by atoms with Crippen molar-refractivity contribution in [2.24, 2.45) is 0 Å². The maximum Gasteiger partial charge on any atom is 0.276 e.